The van der Waals surface area contributed by atoms with Gasteiger partial charge in [-0.3, -0.25) is 0 Å². The van der Waals surface area contributed by atoms with Crippen LogP contribution in [0.2, 0.25) is 0 Å². The third-order valence-corrected chi connectivity index (χ3v) is 17.9. The van der Waals surface area contributed by atoms with Crippen LogP contribution in [-0.2, 0) is 9.47 Å². The third kappa shape index (κ3) is 17.7. The Balaban J connectivity index is 5.76. The van der Waals surface area contributed by atoms with Crippen LogP contribution in [0.5, 0.6) is 0 Å². The zero-order chi connectivity index (χ0) is 44.7. The van der Waals surface area contributed by atoms with Gasteiger partial charge in [-0.05, 0) is 124 Å². The van der Waals surface area contributed by atoms with Gasteiger partial charge in [-0.2, -0.15) is 0 Å². The van der Waals surface area contributed by atoms with Gasteiger partial charge in [0.25, 0.3) is 0 Å². The first-order chi connectivity index (χ1) is 25.8. The summed E-state index contributed by atoms with van der Waals surface area (Å²) in [7, 11) is 0. The number of hydrogen-bond donors (Lipinski definition) is 0. The topological polar surface area (TPSA) is 18.5 Å². The summed E-state index contributed by atoms with van der Waals surface area (Å²) in [6.45, 7) is 60.7. The van der Waals surface area contributed by atoms with Crippen LogP contribution in [0.4, 0.5) is 0 Å². The lowest BCUT2D eigenvalue weighted by atomic mass is 9.50. The van der Waals surface area contributed by atoms with Gasteiger partial charge in [0.1, 0.15) is 0 Å². The lowest BCUT2D eigenvalue weighted by Crippen LogP contribution is -2.48. The van der Waals surface area contributed by atoms with E-state index in [9.17, 15) is 0 Å². The summed E-state index contributed by atoms with van der Waals surface area (Å²) in [4.78, 5) is 0. The Morgan fingerprint density at radius 3 is 1.07 bits per heavy atom. The predicted molar refractivity (Wildman–Crippen MR) is 258 cm³/mol. The lowest BCUT2D eigenvalue weighted by Gasteiger charge is -2.55. The van der Waals surface area contributed by atoms with Crippen molar-refractivity contribution in [1.82, 2.24) is 0 Å². The highest BCUT2D eigenvalue weighted by atomic mass is 16.5. The van der Waals surface area contributed by atoms with Crippen LogP contribution in [0, 0.1) is 72.9 Å². The van der Waals surface area contributed by atoms with Gasteiger partial charge in [0.15, 0.2) is 0 Å². The maximum atomic E-state index is 6.49. The van der Waals surface area contributed by atoms with Gasteiger partial charge in [0.2, 0.25) is 0 Å². The molecule has 0 aliphatic carbocycles. The van der Waals surface area contributed by atoms with Crippen LogP contribution >= 0.6 is 0 Å². The van der Waals surface area contributed by atoms with E-state index in [0.29, 0.717) is 39.4 Å². The van der Waals surface area contributed by atoms with Crippen molar-refractivity contribution in [1.29, 1.82) is 0 Å². The Kier molecular flexibility index (Phi) is 23.9. The van der Waals surface area contributed by atoms with Crippen molar-refractivity contribution in [3.05, 3.63) is 0 Å². The van der Waals surface area contributed by atoms with Crippen LogP contribution in [0.15, 0.2) is 0 Å². The van der Waals surface area contributed by atoms with Gasteiger partial charge in [0, 0.05) is 26.4 Å². The molecule has 0 spiro atoms. The van der Waals surface area contributed by atoms with E-state index >= 15 is 0 Å². The van der Waals surface area contributed by atoms with Crippen molar-refractivity contribution in [2.45, 2.75) is 256 Å². The maximum absolute atomic E-state index is 6.49. The fourth-order valence-corrected chi connectivity index (χ4v) is 9.82. The zero-order valence-corrected chi connectivity index (χ0v) is 44.1. The molecule has 0 N–H and O–H groups in total. The predicted octanol–water partition coefficient (Wildman–Crippen LogP) is 18.3. The molecule has 0 aliphatic rings. The minimum absolute atomic E-state index is 0.209. The minimum atomic E-state index is 0.209. The van der Waals surface area contributed by atoms with E-state index in [2.05, 4.69) is 159 Å². The summed E-state index contributed by atoms with van der Waals surface area (Å²) in [5, 5.41) is 0. The molecule has 0 fully saturated rings. The molecule has 0 aromatic rings. The lowest BCUT2D eigenvalue weighted by molar-refractivity contribution is -0.0672. The van der Waals surface area contributed by atoms with Crippen molar-refractivity contribution in [2.75, 3.05) is 26.4 Å². The van der Waals surface area contributed by atoms with Gasteiger partial charge in [-0.15, -0.1) is 0 Å². The Morgan fingerprint density at radius 1 is 0.351 bits per heavy atom. The maximum Gasteiger partial charge on any atom is 0.0466 e. The molecule has 0 radical (unpaired) electrons. The SMILES string of the molecule is CCCC(C)C(CCCCOCCCC(C(CCC)C(CCCOCCCCCC(C)(C)C(C)(C)C)C(C)(C)C(C)(C)C)C(C)(C)C(C)(C)C)C(C)(C)C(C)(C)C. The first-order valence-electron chi connectivity index (χ1n) is 24.9. The normalized spacial score (nSPS) is 17.1. The molecule has 57 heavy (non-hydrogen) atoms. The molecule has 0 saturated heterocycles. The van der Waals surface area contributed by atoms with E-state index in [1.807, 2.05) is 0 Å². The molecule has 0 heterocycles. The average molecular weight is 805 g/mol. The molecule has 5 unspecified atom stereocenters. The molecule has 0 rings (SSSR count). The minimum Gasteiger partial charge on any atom is -0.381 e. The van der Waals surface area contributed by atoms with Gasteiger partial charge in [-0.1, -0.05) is 204 Å². The van der Waals surface area contributed by atoms with Gasteiger partial charge >= 0.3 is 0 Å². The molecule has 2 nitrogen and oxygen atoms in total. The van der Waals surface area contributed by atoms with Crippen molar-refractivity contribution in [3.63, 3.8) is 0 Å². The van der Waals surface area contributed by atoms with E-state index in [1.165, 1.54) is 83.5 Å². The van der Waals surface area contributed by atoms with E-state index in [4.69, 9.17) is 9.47 Å². The second-order valence-electron chi connectivity index (χ2n) is 25.9. The fraction of sp³-hybridized carbons (Fsp3) is 1.00. The third-order valence-electron chi connectivity index (χ3n) is 17.9. The molecule has 2 heteroatoms. The average Bonchev–Trinajstić information content (AvgIpc) is 3.03. The van der Waals surface area contributed by atoms with Crippen molar-refractivity contribution in [3.8, 4) is 0 Å². The van der Waals surface area contributed by atoms with Crippen molar-refractivity contribution < 1.29 is 9.47 Å². The smallest absolute Gasteiger partial charge is 0.0466 e. The summed E-state index contributed by atoms with van der Waals surface area (Å²) < 4.78 is 12.9. The summed E-state index contributed by atoms with van der Waals surface area (Å²) in [5.74, 6) is 3.50. The molecule has 0 amide bonds. The molecule has 344 valence electrons. The zero-order valence-electron chi connectivity index (χ0n) is 44.1. The largest absolute Gasteiger partial charge is 0.381 e. The molecule has 0 saturated carbocycles. The number of hydrogen-bond acceptors (Lipinski definition) is 2. The highest BCUT2D eigenvalue weighted by Crippen LogP contribution is 2.57. The van der Waals surface area contributed by atoms with Crippen LogP contribution in [0.25, 0.3) is 0 Å². The first-order valence-corrected chi connectivity index (χ1v) is 24.9. The molecule has 0 aromatic carbocycles. The monoisotopic (exact) mass is 805 g/mol. The van der Waals surface area contributed by atoms with E-state index < -0.39 is 0 Å². The summed E-state index contributed by atoms with van der Waals surface area (Å²) >= 11 is 0. The molecular weight excluding hydrogens is 693 g/mol. The highest BCUT2D eigenvalue weighted by Gasteiger charge is 2.50. The molecular formula is C55H112O2. The number of unbranched alkanes of at least 4 members (excludes halogenated alkanes) is 3. The fourth-order valence-electron chi connectivity index (χ4n) is 9.82. The standard InChI is InChI=1S/C55H112O2/c1-24-33-43(3)45(53(18,19)49(7,8)9)35-27-30-40-57-42-32-37-47(55(22,23)51(13,14)15)44(34-25-2)46(54(20,21)50(10,11)12)36-31-41-56-39-29-26-28-38-52(16,17)48(4,5)6/h43-47H,24-42H2,1-23H3. The summed E-state index contributed by atoms with van der Waals surface area (Å²) in [6.07, 6.45) is 18.9. The highest BCUT2D eigenvalue weighted by molar-refractivity contribution is 4.99. The second kappa shape index (κ2) is 23.9. The van der Waals surface area contributed by atoms with Gasteiger partial charge < -0.3 is 9.47 Å². The molecule has 0 aromatic heterocycles. The van der Waals surface area contributed by atoms with Crippen LogP contribution in [-0.4, -0.2) is 26.4 Å². The van der Waals surface area contributed by atoms with Gasteiger partial charge in [0.05, 0.1) is 0 Å². The van der Waals surface area contributed by atoms with Crippen LogP contribution < -0.4 is 0 Å². The van der Waals surface area contributed by atoms with Gasteiger partial charge in [-0.25, -0.2) is 0 Å². The Labute approximate surface area is 363 Å². The Morgan fingerprint density at radius 2 is 0.702 bits per heavy atom. The van der Waals surface area contributed by atoms with Crippen LogP contribution in [0.3, 0.4) is 0 Å². The van der Waals surface area contributed by atoms with E-state index in [1.54, 1.807) is 0 Å². The number of ether oxygens (including phenoxy) is 2. The Bertz CT molecular complexity index is 1030. The van der Waals surface area contributed by atoms with Crippen molar-refractivity contribution >= 4 is 0 Å². The molecule has 0 bridgehead atoms. The van der Waals surface area contributed by atoms with Crippen LogP contribution in [0.1, 0.15) is 256 Å². The quantitative estimate of drug-likeness (QED) is 0.0701. The Hall–Kier alpha value is -0.0800. The second-order valence-corrected chi connectivity index (χ2v) is 25.9. The van der Waals surface area contributed by atoms with E-state index in [-0.39, 0.29) is 21.7 Å². The first kappa shape index (κ1) is 56.9. The summed E-state index contributed by atoms with van der Waals surface area (Å²) in [5.41, 5.74) is 2.23. The number of rotatable bonds is 29. The molecule has 0 aliphatic heterocycles. The van der Waals surface area contributed by atoms with E-state index in [0.717, 1.165) is 51.1 Å². The van der Waals surface area contributed by atoms with Crippen molar-refractivity contribution in [2.24, 2.45) is 72.9 Å². The summed E-state index contributed by atoms with van der Waals surface area (Å²) in [6, 6.07) is 0. The molecule has 5 atom stereocenters.